The molecule has 2 heterocycles. The number of aromatic nitrogens is 1. The predicted octanol–water partition coefficient (Wildman–Crippen LogP) is 5.33. The van der Waals surface area contributed by atoms with Crippen LogP contribution in [0.25, 0.3) is 0 Å². The lowest BCUT2D eigenvalue weighted by atomic mass is 9.88. The Morgan fingerprint density at radius 1 is 0.857 bits per heavy atom. The van der Waals surface area contributed by atoms with E-state index in [-0.39, 0.29) is 11.8 Å². The van der Waals surface area contributed by atoms with Gasteiger partial charge in [0.05, 0.1) is 11.9 Å². The number of anilines is 4. The summed E-state index contributed by atoms with van der Waals surface area (Å²) in [6.07, 6.45) is 11.2. The van der Waals surface area contributed by atoms with Gasteiger partial charge in [-0.25, -0.2) is 4.98 Å². The summed E-state index contributed by atoms with van der Waals surface area (Å²) in [5.41, 5.74) is 3.08. The lowest BCUT2D eigenvalue weighted by Crippen LogP contribution is -2.29. The third-order valence-electron chi connectivity index (χ3n) is 5.87. The van der Waals surface area contributed by atoms with E-state index in [1.807, 2.05) is 12.1 Å². The molecule has 5 nitrogen and oxygen atoms in total. The first-order valence-electron chi connectivity index (χ1n) is 10.7. The molecular weight excluding hydrogens is 348 g/mol. The fourth-order valence-electron chi connectivity index (χ4n) is 4.21. The van der Waals surface area contributed by atoms with Crippen molar-refractivity contribution in [2.45, 2.75) is 51.4 Å². The maximum atomic E-state index is 12.3. The first kappa shape index (κ1) is 18.8. The molecule has 1 aromatic heterocycles. The highest BCUT2D eigenvalue weighted by Gasteiger charge is 2.21. The van der Waals surface area contributed by atoms with E-state index >= 15 is 0 Å². The van der Waals surface area contributed by atoms with Crippen LogP contribution in [-0.2, 0) is 4.79 Å². The summed E-state index contributed by atoms with van der Waals surface area (Å²) in [6.45, 7) is 2.31. The van der Waals surface area contributed by atoms with Crippen molar-refractivity contribution in [2.75, 3.05) is 28.6 Å². The molecule has 1 aliphatic heterocycles. The highest BCUT2D eigenvalue weighted by molar-refractivity contribution is 5.92. The molecule has 2 fully saturated rings. The van der Waals surface area contributed by atoms with Gasteiger partial charge in [0.15, 0.2) is 0 Å². The topological polar surface area (TPSA) is 57.3 Å². The first-order chi connectivity index (χ1) is 13.8. The minimum Gasteiger partial charge on any atom is -0.372 e. The summed E-state index contributed by atoms with van der Waals surface area (Å²) in [4.78, 5) is 19.2. The lowest BCUT2D eigenvalue weighted by molar-refractivity contribution is -0.120. The Morgan fingerprint density at radius 3 is 2.21 bits per heavy atom. The number of carbonyl (C=O) groups excluding carboxylic acids is 1. The molecule has 0 atom stereocenters. The molecule has 1 saturated heterocycles. The van der Waals surface area contributed by atoms with Gasteiger partial charge in [0, 0.05) is 30.4 Å². The van der Waals surface area contributed by atoms with E-state index in [9.17, 15) is 4.79 Å². The molecular formula is C23H30N4O. The normalized spacial score (nSPS) is 17.9. The fraction of sp³-hybridized carbons (Fsp3) is 0.478. The van der Waals surface area contributed by atoms with E-state index in [0.29, 0.717) is 0 Å². The fourth-order valence-corrected chi connectivity index (χ4v) is 4.21. The number of hydrogen-bond acceptors (Lipinski definition) is 4. The number of hydrogen-bond donors (Lipinski definition) is 2. The van der Waals surface area contributed by atoms with E-state index in [2.05, 4.69) is 44.8 Å². The van der Waals surface area contributed by atoms with Gasteiger partial charge in [-0.3, -0.25) is 4.79 Å². The molecule has 5 heteroatoms. The highest BCUT2D eigenvalue weighted by Crippen LogP contribution is 2.26. The Hall–Kier alpha value is -2.56. The molecule has 1 aliphatic carbocycles. The number of nitrogens with one attached hydrogen (secondary N) is 2. The van der Waals surface area contributed by atoms with Crippen LogP contribution in [0.2, 0.25) is 0 Å². The highest BCUT2D eigenvalue weighted by atomic mass is 16.1. The standard InChI is InChI=1S/C23H30N4O/c28-23(18-7-3-1-4-8-18)26-20-11-14-22(24-17-20)25-19-9-12-21(13-10-19)27-15-5-2-6-16-27/h9-14,17-18H,1-8,15-16H2,(H,24,25)(H,26,28). The summed E-state index contributed by atoms with van der Waals surface area (Å²) in [5.74, 6) is 1.07. The molecule has 0 unspecified atom stereocenters. The minimum absolute atomic E-state index is 0.135. The SMILES string of the molecule is O=C(Nc1ccc(Nc2ccc(N3CCCCC3)cc2)nc1)C1CCCCC1. The minimum atomic E-state index is 0.135. The molecule has 1 amide bonds. The molecule has 4 rings (SSSR count). The van der Waals surface area contributed by atoms with Crippen LogP contribution in [0.15, 0.2) is 42.6 Å². The number of piperidine rings is 1. The molecule has 1 aromatic carbocycles. The monoisotopic (exact) mass is 378 g/mol. The Balaban J connectivity index is 1.32. The van der Waals surface area contributed by atoms with Gasteiger partial charge in [-0.2, -0.15) is 0 Å². The Bertz CT molecular complexity index is 760. The van der Waals surface area contributed by atoms with Crippen molar-refractivity contribution in [1.82, 2.24) is 4.98 Å². The first-order valence-corrected chi connectivity index (χ1v) is 10.7. The number of nitrogens with zero attached hydrogens (tertiary/aromatic N) is 2. The molecule has 28 heavy (non-hydrogen) atoms. The van der Waals surface area contributed by atoms with E-state index in [4.69, 9.17) is 0 Å². The molecule has 0 spiro atoms. The van der Waals surface area contributed by atoms with Gasteiger partial charge in [0.1, 0.15) is 5.82 Å². The van der Waals surface area contributed by atoms with Crippen molar-refractivity contribution in [1.29, 1.82) is 0 Å². The lowest BCUT2D eigenvalue weighted by Gasteiger charge is -2.28. The quantitative estimate of drug-likeness (QED) is 0.738. The third-order valence-corrected chi connectivity index (χ3v) is 5.87. The number of rotatable bonds is 5. The predicted molar refractivity (Wildman–Crippen MR) is 115 cm³/mol. The molecule has 2 N–H and O–H groups in total. The van der Waals surface area contributed by atoms with Crippen LogP contribution in [-0.4, -0.2) is 24.0 Å². The van der Waals surface area contributed by atoms with E-state index < -0.39 is 0 Å². The zero-order valence-corrected chi connectivity index (χ0v) is 16.5. The van der Waals surface area contributed by atoms with Gasteiger partial charge >= 0.3 is 0 Å². The van der Waals surface area contributed by atoms with Crippen LogP contribution in [0.4, 0.5) is 22.9 Å². The zero-order valence-electron chi connectivity index (χ0n) is 16.5. The summed E-state index contributed by atoms with van der Waals surface area (Å²) in [7, 11) is 0. The number of carbonyl (C=O) groups is 1. The van der Waals surface area contributed by atoms with Crippen LogP contribution in [0.1, 0.15) is 51.4 Å². The summed E-state index contributed by atoms with van der Waals surface area (Å²) >= 11 is 0. The van der Waals surface area contributed by atoms with E-state index in [1.54, 1.807) is 6.20 Å². The van der Waals surface area contributed by atoms with Crippen molar-refractivity contribution < 1.29 is 4.79 Å². The van der Waals surface area contributed by atoms with Crippen molar-refractivity contribution in [2.24, 2.45) is 5.92 Å². The van der Waals surface area contributed by atoms with Gasteiger partial charge in [-0.05, 0) is 68.5 Å². The van der Waals surface area contributed by atoms with Gasteiger partial charge in [-0.1, -0.05) is 19.3 Å². The maximum Gasteiger partial charge on any atom is 0.227 e. The number of pyridine rings is 1. The van der Waals surface area contributed by atoms with Gasteiger partial charge in [0.25, 0.3) is 0 Å². The third kappa shape index (κ3) is 4.83. The van der Waals surface area contributed by atoms with E-state index in [0.717, 1.165) is 56.0 Å². The molecule has 148 valence electrons. The summed E-state index contributed by atoms with van der Waals surface area (Å²) < 4.78 is 0. The van der Waals surface area contributed by atoms with Crippen molar-refractivity contribution in [3.8, 4) is 0 Å². The van der Waals surface area contributed by atoms with Crippen LogP contribution in [0.5, 0.6) is 0 Å². The van der Waals surface area contributed by atoms with Gasteiger partial charge < -0.3 is 15.5 Å². The molecule has 2 aliphatic rings. The number of benzene rings is 1. The van der Waals surface area contributed by atoms with Crippen molar-refractivity contribution >= 4 is 28.8 Å². The molecule has 2 aromatic rings. The van der Waals surface area contributed by atoms with Crippen LogP contribution in [0.3, 0.4) is 0 Å². The average Bonchev–Trinajstić information content (AvgIpc) is 2.77. The second kappa shape index (κ2) is 9.09. The zero-order chi connectivity index (χ0) is 19.2. The number of amides is 1. The van der Waals surface area contributed by atoms with Crippen LogP contribution in [0, 0.1) is 5.92 Å². The van der Waals surface area contributed by atoms with Crippen LogP contribution < -0.4 is 15.5 Å². The Labute approximate surface area is 167 Å². The molecule has 1 saturated carbocycles. The average molecular weight is 379 g/mol. The van der Waals surface area contributed by atoms with Gasteiger partial charge in [-0.15, -0.1) is 0 Å². The largest absolute Gasteiger partial charge is 0.372 e. The Kier molecular flexibility index (Phi) is 6.10. The smallest absolute Gasteiger partial charge is 0.227 e. The molecule has 0 bridgehead atoms. The van der Waals surface area contributed by atoms with Crippen LogP contribution >= 0.6 is 0 Å². The Morgan fingerprint density at radius 2 is 1.54 bits per heavy atom. The van der Waals surface area contributed by atoms with Crippen molar-refractivity contribution in [3.05, 3.63) is 42.6 Å². The molecule has 0 radical (unpaired) electrons. The van der Waals surface area contributed by atoms with Gasteiger partial charge in [0.2, 0.25) is 5.91 Å². The summed E-state index contributed by atoms with van der Waals surface area (Å²) in [5, 5.41) is 6.35. The maximum absolute atomic E-state index is 12.3. The van der Waals surface area contributed by atoms with Crippen molar-refractivity contribution in [3.63, 3.8) is 0 Å². The van der Waals surface area contributed by atoms with E-state index in [1.165, 1.54) is 31.4 Å². The second-order valence-electron chi connectivity index (χ2n) is 7.98. The second-order valence-corrected chi connectivity index (χ2v) is 7.98. The summed E-state index contributed by atoms with van der Waals surface area (Å²) in [6, 6.07) is 12.4.